The van der Waals surface area contributed by atoms with Gasteiger partial charge in [0.2, 0.25) is 0 Å². The molecule has 2 aromatic carbocycles. The molecule has 0 aliphatic carbocycles. The Bertz CT molecular complexity index is 895. The summed E-state index contributed by atoms with van der Waals surface area (Å²) in [6, 6.07) is 12.4. The van der Waals surface area contributed by atoms with Crippen LogP contribution in [0.1, 0.15) is 11.4 Å². The van der Waals surface area contributed by atoms with E-state index in [2.05, 4.69) is 10.1 Å². The molecule has 0 aliphatic rings. The van der Waals surface area contributed by atoms with Crippen LogP contribution in [0.15, 0.2) is 42.5 Å². The van der Waals surface area contributed by atoms with Crippen molar-refractivity contribution in [1.82, 2.24) is 14.8 Å². The third-order valence-electron chi connectivity index (χ3n) is 3.99. The van der Waals surface area contributed by atoms with Gasteiger partial charge in [-0.15, -0.1) is 0 Å². The number of para-hydroxylation sites is 1. The van der Waals surface area contributed by atoms with Crippen LogP contribution in [0.3, 0.4) is 0 Å². The molecule has 6 nitrogen and oxygen atoms in total. The summed E-state index contributed by atoms with van der Waals surface area (Å²) in [6.07, 6.45) is 0.432. The van der Waals surface area contributed by atoms with Gasteiger partial charge in [-0.2, -0.15) is 5.10 Å². The van der Waals surface area contributed by atoms with Gasteiger partial charge < -0.3 is 14.6 Å². The summed E-state index contributed by atoms with van der Waals surface area (Å²) in [7, 11) is 3.02. The maximum Gasteiger partial charge on any atom is 0.176 e. The first-order valence-corrected chi connectivity index (χ1v) is 8.17. The molecule has 1 N–H and O–H groups in total. The maximum atomic E-state index is 14.6. The Labute approximate surface area is 150 Å². The van der Waals surface area contributed by atoms with Gasteiger partial charge in [-0.25, -0.2) is 14.1 Å². The Morgan fingerprint density at radius 2 is 1.77 bits per heavy atom. The minimum atomic E-state index is -0.509. The van der Waals surface area contributed by atoms with Crippen molar-refractivity contribution in [2.24, 2.45) is 0 Å². The highest BCUT2D eigenvalue weighted by Gasteiger charge is 2.18. The van der Waals surface area contributed by atoms with Crippen molar-refractivity contribution < 1.29 is 19.0 Å². The number of methoxy groups -OCH3 is 2. The molecule has 0 amide bonds. The molecule has 3 rings (SSSR count). The molecule has 0 saturated heterocycles. The maximum absolute atomic E-state index is 14.6. The lowest BCUT2D eigenvalue weighted by atomic mass is 10.1. The van der Waals surface area contributed by atoms with Crippen LogP contribution in [0, 0.1) is 5.82 Å². The van der Waals surface area contributed by atoms with E-state index in [1.807, 2.05) is 24.3 Å². The van der Waals surface area contributed by atoms with E-state index in [4.69, 9.17) is 9.47 Å². The fraction of sp³-hybridized carbons (Fsp3) is 0.263. The van der Waals surface area contributed by atoms with Gasteiger partial charge >= 0.3 is 0 Å². The Morgan fingerprint density at radius 3 is 2.50 bits per heavy atom. The number of hydrogen-bond acceptors (Lipinski definition) is 5. The summed E-state index contributed by atoms with van der Waals surface area (Å²) in [5, 5.41) is 13.7. The third-order valence-corrected chi connectivity index (χ3v) is 3.99. The van der Waals surface area contributed by atoms with E-state index in [0.717, 1.165) is 11.3 Å². The van der Waals surface area contributed by atoms with E-state index in [1.54, 1.807) is 25.3 Å². The lowest BCUT2D eigenvalue weighted by Gasteiger charge is -2.07. The SMILES string of the molecule is COc1ccccc1Cc1nc(-c2cccc(OC)c2F)n(CCO)n1. The highest BCUT2D eigenvalue weighted by Crippen LogP contribution is 2.28. The topological polar surface area (TPSA) is 69.4 Å². The molecule has 0 fully saturated rings. The van der Waals surface area contributed by atoms with Crippen LogP contribution in [-0.2, 0) is 13.0 Å². The molecule has 7 heteroatoms. The van der Waals surface area contributed by atoms with Gasteiger partial charge in [0.15, 0.2) is 23.2 Å². The fourth-order valence-electron chi connectivity index (χ4n) is 2.77. The van der Waals surface area contributed by atoms with Crippen LogP contribution in [0.5, 0.6) is 11.5 Å². The van der Waals surface area contributed by atoms with Crippen LogP contribution in [0.4, 0.5) is 4.39 Å². The number of benzene rings is 2. The van der Waals surface area contributed by atoms with Gasteiger partial charge in [0.05, 0.1) is 32.9 Å². The Balaban J connectivity index is 2.02. The fourth-order valence-corrected chi connectivity index (χ4v) is 2.77. The second-order valence-electron chi connectivity index (χ2n) is 5.61. The predicted molar refractivity (Wildman–Crippen MR) is 94.9 cm³/mol. The van der Waals surface area contributed by atoms with Gasteiger partial charge in [-0.05, 0) is 18.2 Å². The molecule has 0 radical (unpaired) electrons. The smallest absolute Gasteiger partial charge is 0.176 e. The highest BCUT2D eigenvalue weighted by molar-refractivity contribution is 5.59. The second-order valence-corrected chi connectivity index (χ2v) is 5.61. The number of nitrogens with zero attached hydrogens (tertiary/aromatic N) is 3. The van der Waals surface area contributed by atoms with Crippen molar-refractivity contribution in [3.8, 4) is 22.9 Å². The molecule has 1 aromatic heterocycles. The van der Waals surface area contributed by atoms with Crippen molar-refractivity contribution >= 4 is 0 Å². The number of aromatic nitrogens is 3. The highest BCUT2D eigenvalue weighted by atomic mass is 19.1. The lowest BCUT2D eigenvalue weighted by molar-refractivity contribution is 0.269. The summed E-state index contributed by atoms with van der Waals surface area (Å²) < 4.78 is 26.5. The summed E-state index contributed by atoms with van der Waals surface area (Å²) in [5.41, 5.74) is 1.20. The third kappa shape index (κ3) is 3.52. The zero-order valence-electron chi connectivity index (χ0n) is 14.6. The van der Waals surface area contributed by atoms with E-state index < -0.39 is 5.82 Å². The zero-order valence-corrected chi connectivity index (χ0v) is 14.6. The molecule has 0 unspecified atom stereocenters. The molecule has 0 saturated carbocycles. The molecule has 1 heterocycles. The lowest BCUT2D eigenvalue weighted by Crippen LogP contribution is -2.07. The second kappa shape index (κ2) is 7.97. The van der Waals surface area contributed by atoms with E-state index in [9.17, 15) is 9.50 Å². The van der Waals surface area contributed by atoms with Crippen LogP contribution in [0.2, 0.25) is 0 Å². The molecular weight excluding hydrogens is 337 g/mol. The molecule has 0 spiro atoms. The summed E-state index contributed by atoms with van der Waals surface area (Å²) in [5.74, 6) is 1.22. The Morgan fingerprint density at radius 1 is 1.04 bits per heavy atom. The molecule has 3 aromatic rings. The normalized spacial score (nSPS) is 10.8. The summed E-state index contributed by atoms with van der Waals surface area (Å²) in [6.45, 7) is 0.0843. The van der Waals surface area contributed by atoms with Crippen LogP contribution < -0.4 is 9.47 Å². The molecule has 0 aliphatic heterocycles. The van der Waals surface area contributed by atoms with E-state index >= 15 is 0 Å². The quantitative estimate of drug-likeness (QED) is 0.704. The first-order valence-electron chi connectivity index (χ1n) is 8.17. The molecule has 26 heavy (non-hydrogen) atoms. The van der Waals surface area contributed by atoms with Crippen LogP contribution in [-0.4, -0.2) is 40.7 Å². The van der Waals surface area contributed by atoms with Crippen molar-refractivity contribution in [2.75, 3.05) is 20.8 Å². The number of halogens is 1. The number of aliphatic hydroxyl groups is 1. The number of hydrogen-bond donors (Lipinski definition) is 1. The minimum absolute atomic E-state index is 0.129. The monoisotopic (exact) mass is 357 g/mol. The Hall–Kier alpha value is -2.93. The summed E-state index contributed by atoms with van der Waals surface area (Å²) in [4.78, 5) is 4.50. The van der Waals surface area contributed by atoms with E-state index in [0.29, 0.717) is 18.1 Å². The Kier molecular flexibility index (Phi) is 5.48. The largest absolute Gasteiger partial charge is 0.496 e. The van der Waals surface area contributed by atoms with E-state index in [1.165, 1.54) is 11.8 Å². The molecular formula is C19H20FN3O3. The van der Waals surface area contributed by atoms with Crippen molar-refractivity contribution in [2.45, 2.75) is 13.0 Å². The number of aliphatic hydroxyl groups excluding tert-OH is 1. The van der Waals surface area contributed by atoms with Crippen LogP contribution >= 0.6 is 0 Å². The standard InChI is InChI=1S/C19H20FN3O3/c1-25-15-8-4-3-6-13(15)12-17-21-19(23(22-17)10-11-24)14-7-5-9-16(26-2)18(14)20/h3-9,24H,10-12H2,1-2H3. The first kappa shape index (κ1) is 17.9. The average Bonchev–Trinajstić information content (AvgIpc) is 3.05. The molecule has 136 valence electrons. The van der Waals surface area contributed by atoms with E-state index in [-0.39, 0.29) is 24.5 Å². The van der Waals surface area contributed by atoms with Gasteiger partial charge in [-0.1, -0.05) is 24.3 Å². The zero-order chi connectivity index (χ0) is 18.5. The van der Waals surface area contributed by atoms with Gasteiger partial charge in [0, 0.05) is 12.0 Å². The minimum Gasteiger partial charge on any atom is -0.496 e. The summed E-state index contributed by atoms with van der Waals surface area (Å²) >= 11 is 0. The van der Waals surface area contributed by atoms with Gasteiger partial charge in [0.25, 0.3) is 0 Å². The van der Waals surface area contributed by atoms with Crippen molar-refractivity contribution in [3.63, 3.8) is 0 Å². The average molecular weight is 357 g/mol. The number of ether oxygens (including phenoxy) is 2. The van der Waals surface area contributed by atoms with Gasteiger partial charge in [-0.3, -0.25) is 0 Å². The van der Waals surface area contributed by atoms with Crippen LogP contribution in [0.25, 0.3) is 11.4 Å². The predicted octanol–water partition coefficient (Wildman–Crippen LogP) is 2.68. The van der Waals surface area contributed by atoms with Crippen molar-refractivity contribution in [1.29, 1.82) is 0 Å². The molecule has 0 bridgehead atoms. The first-order chi connectivity index (χ1) is 12.7. The number of rotatable bonds is 7. The van der Waals surface area contributed by atoms with Crippen molar-refractivity contribution in [3.05, 3.63) is 59.7 Å². The van der Waals surface area contributed by atoms with Gasteiger partial charge in [0.1, 0.15) is 5.75 Å². The molecule has 0 atom stereocenters.